The van der Waals surface area contributed by atoms with Crippen LogP contribution in [0.5, 0.6) is 5.75 Å². The molecule has 0 unspecified atom stereocenters. The lowest BCUT2D eigenvalue weighted by molar-refractivity contribution is -0.274. The van der Waals surface area contributed by atoms with E-state index in [4.69, 9.17) is 5.11 Å². The number of benzene rings is 1. The Hall–Kier alpha value is -1.31. The first-order valence-corrected chi connectivity index (χ1v) is 4.48. The SMILES string of the molecule is O=C(O)c1c(OC(F)(F)F)ccc(Br)c1F. The summed E-state index contributed by atoms with van der Waals surface area (Å²) in [5, 5.41) is 8.56. The fourth-order valence-electron chi connectivity index (χ4n) is 0.942. The van der Waals surface area contributed by atoms with Crippen LogP contribution in [0.15, 0.2) is 16.6 Å². The van der Waals surface area contributed by atoms with Gasteiger partial charge < -0.3 is 9.84 Å². The van der Waals surface area contributed by atoms with E-state index in [1.807, 2.05) is 0 Å². The van der Waals surface area contributed by atoms with Gasteiger partial charge in [-0.3, -0.25) is 0 Å². The van der Waals surface area contributed by atoms with Crippen molar-refractivity contribution in [2.24, 2.45) is 0 Å². The minimum absolute atomic E-state index is 0.264. The van der Waals surface area contributed by atoms with Gasteiger partial charge in [-0.1, -0.05) is 0 Å². The van der Waals surface area contributed by atoms with E-state index < -0.39 is 29.5 Å². The second-order valence-corrected chi connectivity index (χ2v) is 3.44. The number of aromatic carboxylic acids is 1. The summed E-state index contributed by atoms with van der Waals surface area (Å²) in [6, 6.07) is 1.63. The van der Waals surface area contributed by atoms with Crippen LogP contribution in [0.4, 0.5) is 17.6 Å². The van der Waals surface area contributed by atoms with Crippen LogP contribution in [0.3, 0.4) is 0 Å². The summed E-state index contributed by atoms with van der Waals surface area (Å²) in [4.78, 5) is 10.6. The van der Waals surface area contributed by atoms with E-state index in [0.717, 1.165) is 6.07 Å². The Kier molecular flexibility index (Phi) is 3.41. The molecule has 0 bridgehead atoms. The lowest BCUT2D eigenvalue weighted by Gasteiger charge is -2.12. The monoisotopic (exact) mass is 302 g/mol. The van der Waals surface area contributed by atoms with E-state index in [1.54, 1.807) is 0 Å². The molecule has 0 saturated carbocycles. The number of carboxylic acid groups (broad SMARTS) is 1. The molecule has 0 atom stereocenters. The van der Waals surface area contributed by atoms with E-state index in [1.165, 1.54) is 0 Å². The largest absolute Gasteiger partial charge is 0.573 e. The molecular weight excluding hydrogens is 300 g/mol. The van der Waals surface area contributed by atoms with Gasteiger partial charge in [-0.2, -0.15) is 0 Å². The van der Waals surface area contributed by atoms with E-state index in [0.29, 0.717) is 6.07 Å². The molecule has 88 valence electrons. The van der Waals surface area contributed by atoms with E-state index in [9.17, 15) is 22.4 Å². The zero-order chi connectivity index (χ0) is 12.5. The summed E-state index contributed by atoms with van der Waals surface area (Å²) < 4.78 is 51.9. The van der Waals surface area contributed by atoms with Gasteiger partial charge in [-0.25, -0.2) is 9.18 Å². The molecule has 1 rings (SSSR count). The summed E-state index contributed by atoms with van der Waals surface area (Å²) in [7, 11) is 0. The van der Waals surface area contributed by atoms with Crippen molar-refractivity contribution in [2.45, 2.75) is 6.36 Å². The minimum Gasteiger partial charge on any atom is -0.477 e. The average molecular weight is 303 g/mol. The first kappa shape index (κ1) is 12.8. The van der Waals surface area contributed by atoms with Crippen molar-refractivity contribution in [3.63, 3.8) is 0 Å². The highest BCUT2D eigenvalue weighted by Crippen LogP contribution is 2.31. The van der Waals surface area contributed by atoms with Crippen molar-refractivity contribution in [1.29, 1.82) is 0 Å². The maximum Gasteiger partial charge on any atom is 0.573 e. The van der Waals surface area contributed by atoms with Crippen LogP contribution in [0.1, 0.15) is 10.4 Å². The molecule has 0 radical (unpaired) electrons. The summed E-state index contributed by atoms with van der Waals surface area (Å²) in [5.41, 5.74) is -1.17. The predicted molar refractivity (Wildman–Crippen MR) is 47.7 cm³/mol. The number of hydrogen-bond acceptors (Lipinski definition) is 2. The fraction of sp³-hybridized carbons (Fsp3) is 0.125. The Bertz CT molecular complexity index is 430. The quantitative estimate of drug-likeness (QED) is 0.854. The minimum atomic E-state index is -5.08. The van der Waals surface area contributed by atoms with Gasteiger partial charge in [0.2, 0.25) is 0 Å². The third kappa shape index (κ3) is 2.84. The molecule has 0 spiro atoms. The van der Waals surface area contributed by atoms with Crippen molar-refractivity contribution in [3.05, 3.63) is 28.0 Å². The van der Waals surface area contributed by atoms with Crippen LogP contribution < -0.4 is 4.74 Å². The van der Waals surface area contributed by atoms with Gasteiger partial charge in [0.15, 0.2) is 5.82 Å². The molecule has 1 aromatic rings. The lowest BCUT2D eigenvalue weighted by Crippen LogP contribution is -2.19. The Morgan fingerprint density at radius 2 is 1.94 bits per heavy atom. The lowest BCUT2D eigenvalue weighted by atomic mass is 10.2. The van der Waals surface area contributed by atoms with E-state index in [2.05, 4.69) is 20.7 Å². The van der Waals surface area contributed by atoms with Gasteiger partial charge >= 0.3 is 12.3 Å². The van der Waals surface area contributed by atoms with Gasteiger partial charge in [0, 0.05) is 0 Å². The van der Waals surface area contributed by atoms with Crippen molar-refractivity contribution < 1.29 is 32.2 Å². The van der Waals surface area contributed by atoms with Gasteiger partial charge in [0.05, 0.1) is 4.47 Å². The molecule has 0 fully saturated rings. The zero-order valence-corrected chi connectivity index (χ0v) is 8.89. The van der Waals surface area contributed by atoms with E-state index in [-0.39, 0.29) is 4.47 Å². The Labute approximate surface area is 94.8 Å². The van der Waals surface area contributed by atoms with Crippen LogP contribution >= 0.6 is 15.9 Å². The number of rotatable bonds is 2. The predicted octanol–water partition coefficient (Wildman–Crippen LogP) is 3.18. The van der Waals surface area contributed by atoms with Crippen molar-refractivity contribution >= 4 is 21.9 Å². The molecule has 0 saturated heterocycles. The number of halogens is 5. The van der Waals surface area contributed by atoms with Crippen LogP contribution in [0, 0.1) is 5.82 Å². The third-order valence-corrected chi connectivity index (χ3v) is 2.11. The van der Waals surface area contributed by atoms with Crippen LogP contribution in [0.25, 0.3) is 0 Å². The molecule has 0 aliphatic heterocycles. The maximum absolute atomic E-state index is 13.2. The molecular formula is C8H3BrF4O3. The van der Waals surface area contributed by atoms with Crippen molar-refractivity contribution in [2.75, 3.05) is 0 Å². The van der Waals surface area contributed by atoms with Crippen molar-refractivity contribution in [3.8, 4) is 5.75 Å². The smallest absolute Gasteiger partial charge is 0.477 e. The molecule has 8 heteroatoms. The summed E-state index contributed by atoms with van der Waals surface area (Å²) >= 11 is 2.65. The molecule has 0 aliphatic rings. The Balaban J connectivity index is 3.29. The molecule has 3 nitrogen and oxygen atoms in total. The summed E-state index contributed by atoms with van der Waals surface area (Å²) in [5.74, 6) is -4.27. The highest BCUT2D eigenvalue weighted by molar-refractivity contribution is 9.10. The second-order valence-electron chi connectivity index (χ2n) is 2.59. The summed E-state index contributed by atoms with van der Waals surface area (Å²) in [6.07, 6.45) is -5.08. The van der Waals surface area contributed by atoms with Gasteiger partial charge in [0.25, 0.3) is 0 Å². The zero-order valence-electron chi connectivity index (χ0n) is 7.31. The normalized spacial score (nSPS) is 11.3. The van der Waals surface area contributed by atoms with Gasteiger partial charge in [-0.05, 0) is 28.1 Å². The van der Waals surface area contributed by atoms with Crippen molar-refractivity contribution in [1.82, 2.24) is 0 Å². The van der Waals surface area contributed by atoms with E-state index >= 15 is 0 Å². The highest BCUT2D eigenvalue weighted by Gasteiger charge is 2.34. The third-order valence-electron chi connectivity index (χ3n) is 1.50. The molecule has 1 aromatic carbocycles. The molecule has 16 heavy (non-hydrogen) atoms. The number of ether oxygens (including phenoxy) is 1. The number of carboxylic acids is 1. The fourth-order valence-corrected chi connectivity index (χ4v) is 1.27. The standard InChI is InChI=1S/C8H3BrF4O3/c9-3-1-2-4(16-8(11,12)13)5(6(3)10)7(14)15/h1-2H,(H,14,15). The topological polar surface area (TPSA) is 46.5 Å². The first-order valence-electron chi connectivity index (χ1n) is 3.69. The molecule has 0 heterocycles. The molecule has 1 N–H and O–H groups in total. The number of alkyl halides is 3. The van der Waals surface area contributed by atoms with Crippen LogP contribution in [-0.2, 0) is 0 Å². The maximum atomic E-state index is 13.2. The Morgan fingerprint density at radius 3 is 2.38 bits per heavy atom. The number of carbonyl (C=O) groups is 1. The second kappa shape index (κ2) is 4.28. The number of hydrogen-bond donors (Lipinski definition) is 1. The first-order chi connectivity index (χ1) is 7.22. The average Bonchev–Trinajstić information content (AvgIpc) is 2.08. The van der Waals surface area contributed by atoms with Crippen LogP contribution in [-0.4, -0.2) is 17.4 Å². The van der Waals surface area contributed by atoms with Crippen LogP contribution in [0.2, 0.25) is 0 Å². The van der Waals surface area contributed by atoms with Gasteiger partial charge in [0.1, 0.15) is 11.3 Å². The van der Waals surface area contributed by atoms with Gasteiger partial charge in [-0.15, -0.1) is 13.2 Å². The Morgan fingerprint density at radius 1 is 1.38 bits per heavy atom. The highest BCUT2D eigenvalue weighted by atomic mass is 79.9. The molecule has 0 amide bonds. The summed E-state index contributed by atoms with van der Waals surface area (Å²) in [6.45, 7) is 0. The molecule has 0 aliphatic carbocycles. The molecule has 0 aromatic heterocycles.